The SMILES string of the molecule is Clc1cc(I)ccc1NC1CC2CC1C1CCCC21. The Labute approximate surface area is 133 Å². The fraction of sp³-hybridized carbons (Fsp3) is 0.625. The third kappa shape index (κ3) is 2.10. The Morgan fingerprint density at radius 3 is 2.79 bits per heavy atom. The maximum Gasteiger partial charge on any atom is 0.0648 e. The summed E-state index contributed by atoms with van der Waals surface area (Å²) in [6.45, 7) is 0. The van der Waals surface area contributed by atoms with E-state index in [1.165, 1.54) is 35.7 Å². The predicted octanol–water partition coefficient (Wildman–Crippen LogP) is 5.18. The summed E-state index contributed by atoms with van der Waals surface area (Å²) in [6.07, 6.45) is 7.29. The van der Waals surface area contributed by atoms with Crippen molar-refractivity contribution < 1.29 is 0 Å². The minimum Gasteiger partial charge on any atom is -0.381 e. The Morgan fingerprint density at radius 1 is 1.11 bits per heavy atom. The second-order valence-corrected chi connectivity index (χ2v) is 8.18. The smallest absolute Gasteiger partial charge is 0.0648 e. The molecule has 0 aromatic heterocycles. The highest BCUT2D eigenvalue weighted by molar-refractivity contribution is 14.1. The molecule has 2 bridgehead atoms. The summed E-state index contributed by atoms with van der Waals surface area (Å²) in [6, 6.07) is 7.00. The van der Waals surface area contributed by atoms with Crippen LogP contribution in [0.3, 0.4) is 0 Å². The Kier molecular flexibility index (Phi) is 3.22. The molecule has 1 N–H and O–H groups in total. The van der Waals surface area contributed by atoms with Gasteiger partial charge in [0.25, 0.3) is 0 Å². The van der Waals surface area contributed by atoms with Gasteiger partial charge in [0.15, 0.2) is 0 Å². The number of nitrogens with one attached hydrogen (secondary N) is 1. The molecule has 102 valence electrons. The monoisotopic (exact) mass is 387 g/mol. The summed E-state index contributed by atoms with van der Waals surface area (Å²) in [5.74, 6) is 3.99. The summed E-state index contributed by atoms with van der Waals surface area (Å²) in [5, 5.41) is 4.62. The van der Waals surface area contributed by atoms with Crippen LogP contribution in [-0.4, -0.2) is 6.04 Å². The lowest BCUT2D eigenvalue weighted by Crippen LogP contribution is -2.33. The van der Waals surface area contributed by atoms with E-state index < -0.39 is 0 Å². The Hall–Kier alpha value is 0.0400. The van der Waals surface area contributed by atoms with Gasteiger partial charge < -0.3 is 5.32 Å². The number of rotatable bonds is 2. The second-order valence-electron chi connectivity index (χ2n) is 6.53. The van der Waals surface area contributed by atoms with Crippen LogP contribution in [0.1, 0.15) is 32.1 Å². The molecule has 0 saturated heterocycles. The molecule has 19 heavy (non-hydrogen) atoms. The third-order valence-electron chi connectivity index (χ3n) is 5.70. The van der Waals surface area contributed by atoms with Crippen LogP contribution in [0.4, 0.5) is 5.69 Å². The molecular formula is C16H19ClIN. The zero-order valence-electron chi connectivity index (χ0n) is 10.9. The standard InChI is InChI=1S/C16H19ClIN/c17-14-8-10(18)4-5-15(14)19-16-7-9-6-13(16)12-3-1-2-11(9)12/h4-5,8-9,11-13,16,19H,1-3,6-7H2. The van der Waals surface area contributed by atoms with Gasteiger partial charge >= 0.3 is 0 Å². The van der Waals surface area contributed by atoms with Crippen molar-refractivity contribution in [3.63, 3.8) is 0 Å². The lowest BCUT2D eigenvalue weighted by atomic mass is 9.79. The molecule has 1 nitrogen and oxygen atoms in total. The summed E-state index contributed by atoms with van der Waals surface area (Å²) >= 11 is 8.67. The minimum absolute atomic E-state index is 0.668. The summed E-state index contributed by atoms with van der Waals surface area (Å²) < 4.78 is 1.21. The largest absolute Gasteiger partial charge is 0.381 e. The maximum atomic E-state index is 6.35. The Balaban J connectivity index is 1.52. The number of hydrogen-bond acceptors (Lipinski definition) is 1. The highest BCUT2D eigenvalue weighted by atomic mass is 127. The Bertz CT molecular complexity index is 504. The van der Waals surface area contributed by atoms with Gasteiger partial charge in [0.1, 0.15) is 0 Å². The molecule has 1 aromatic carbocycles. The van der Waals surface area contributed by atoms with Crippen molar-refractivity contribution in [2.45, 2.75) is 38.1 Å². The van der Waals surface area contributed by atoms with E-state index in [1.54, 1.807) is 0 Å². The molecule has 0 radical (unpaired) electrons. The first-order chi connectivity index (χ1) is 9.22. The number of hydrogen-bond donors (Lipinski definition) is 1. The fourth-order valence-corrected chi connectivity index (χ4v) is 5.95. The maximum absolute atomic E-state index is 6.35. The third-order valence-corrected chi connectivity index (χ3v) is 6.68. The van der Waals surface area contributed by atoms with Crippen LogP contribution in [-0.2, 0) is 0 Å². The molecule has 4 rings (SSSR count). The molecule has 3 heteroatoms. The molecule has 0 amide bonds. The average Bonchev–Trinajstić information content (AvgIpc) is 3.04. The van der Waals surface area contributed by atoms with E-state index in [-0.39, 0.29) is 0 Å². The van der Waals surface area contributed by atoms with Crippen molar-refractivity contribution in [3.8, 4) is 0 Å². The van der Waals surface area contributed by atoms with Gasteiger partial charge in [-0.2, -0.15) is 0 Å². The molecule has 5 atom stereocenters. The van der Waals surface area contributed by atoms with Crippen LogP contribution < -0.4 is 5.32 Å². The van der Waals surface area contributed by atoms with E-state index in [9.17, 15) is 0 Å². The highest BCUT2D eigenvalue weighted by Gasteiger charge is 2.53. The van der Waals surface area contributed by atoms with E-state index in [1.807, 2.05) is 0 Å². The molecule has 3 aliphatic carbocycles. The van der Waals surface area contributed by atoms with E-state index in [0.29, 0.717) is 6.04 Å². The van der Waals surface area contributed by atoms with Gasteiger partial charge in [0.05, 0.1) is 10.7 Å². The molecule has 0 spiro atoms. The van der Waals surface area contributed by atoms with Gasteiger partial charge in [0.2, 0.25) is 0 Å². The zero-order chi connectivity index (χ0) is 13.0. The van der Waals surface area contributed by atoms with Crippen molar-refractivity contribution in [2.24, 2.45) is 23.7 Å². The first kappa shape index (κ1) is 12.8. The van der Waals surface area contributed by atoms with E-state index in [4.69, 9.17) is 11.6 Å². The molecule has 0 aliphatic heterocycles. The average molecular weight is 388 g/mol. The lowest BCUT2D eigenvalue weighted by molar-refractivity contribution is 0.243. The quantitative estimate of drug-likeness (QED) is 0.689. The number of fused-ring (bicyclic) bond motifs is 5. The number of anilines is 1. The first-order valence-electron chi connectivity index (χ1n) is 7.44. The minimum atomic E-state index is 0.668. The molecule has 5 unspecified atom stereocenters. The van der Waals surface area contributed by atoms with Crippen LogP contribution in [0.25, 0.3) is 0 Å². The van der Waals surface area contributed by atoms with Crippen molar-refractivity contribution in [1.29, 1.82) is 0 Å². The van der Waals surface area contributed by atoms with Gasteiger partial charge in [-0.15, -0.1) is 0 Å². The van der Waals surface area contributed by atoms with Gasteiger partial charge in [-0.25, -0.2) is 0 Å². The van der Waals surface area contributed by atoms with Crippen LogP contribution in [0.15, 0.2) is 18.2 Å². The van der Waals surface area contributed by atoms with Crippen molar-refractivity contribution in [3.05, 3.63) is 26.8 Å². The van der Waals surface area contributed by atoms with Crippen molar-refractivity contribution >= 4 is 39.9 Å². The highest BCUT2D eigenvalue weighted by Crippen LogP contribution is 2.59. The first-order valence-corrected chi connectivity index (χ1v) is 8.89. The van der Waals surface area contributed by atoms with Crippen LogP contribution >= 0.6 is 34.2 Å². The molecule has 3 fully saturated rings. The van der Waals surface area contributed by atoms with Crippen LogP contribution in [0.5, 0.6) is 0 Å². The summed E-state index contributed by atoms with van der Waals surface area (Å²) in [5.41, 5.74) is 1.13. The van der Waals surface area contributed by atoms with Gasteiger partial charge in [-0.3, -0.25) is 0 Å². The lowest BCUT2D eigenvalue weighted by Gasteiger charge is -2.33. The van der Waals surface area contributed by atoms with E-state index in [2.05, 4.69) is 46.1 Å². The van der Waals surface area contributed by atoms with Crippen molar-refractivity contribution in [2.75, 3.05) is 5.32 Å². The molecule has 3 aliphatic rings. The topological polar surface area (TPSA) is 12.0 Å². The fourth-order valence-electron chi connectivity index (χ4n) is 5.04. The number of benzene rings is 1. The summed E-state index contributed by atoms with van der Waals surface area (Å²) in [7, 11) is 0. The molecular weight excluding hydrogens is 369 g/mol. The number of halogens is 2. The predicted molar refractivity (Wildman–Crippen MR) is 88.6 cm³/mol. The summed E-state index contributed by atoms with van der Waals surface area (Å²) in [4.78, 5) is 0. The van der Waals surface area contributed by atoms with Crippen LogP contribution in [0, 0.1) is 27.2 Å². The van der Waals surface area contributed by atoms with Gasteiger partial charge in [0, 0.05) is 9.61 Å². The Morgan fingerprint density at radius 2 is 1.95 bits per heavy atom. The normalized spacial score (nSPS) is 39.6. The zero-order valence-corrected chi connectivity index (χ0v) is 13.8. The molecule has 3 saturated carbocycles. The van der Waals surface area contributed by atoms with E-state index in [0.717, 1.165) is 34.4 Å². The molecule has 0 heterocycles. The van der Waals surface area contributed by atoms with Gasteiger partial charge in [-0.05, 0) is 90.1 Å². The van der Waals surface area contributed by atoms with E-state index >= 15 is 0 Å². The second kappa shape index (κ2) is 4.80. The van der Waals surface area contributed by atoms with Crippen molar-refractivity contribution in [1.82, 2.24) is 0 Å². The van der Waals surface area contributed by atoms with Gasteiger partial charge in [-0.1, -0.05) is 18.0 Å². The molecule has 1 aromatic rings. The van der Waals surface area contributed by atoms with Crippen LogP contribution in [0.2, 0.25) is 5.02 Å².